The number of aromatic nitrogens is 8. The Balaban J connectivity index is 0.000000105. The van der Waals surface area contributed by atoms with E-state index in [1.807, 2.05) is 84.9 Å². The summed E-state index contributed by atoms with van der Waals surface area (Å²) in [5.41, 5.74) is 32.4. The molecule has 0 atom stereocenters. The predicted octanol–water partition coefficient (Wildman–Crippen LogP) is 33.9. The Hall–Kier alpha value is -18.9. The number of fused-ring (bicyclic) bond motifs is 20. The number of rotatable bonds is 12. The van der Waals surface area contributed by atoms with Crippen LogP contribution in [-0.2, 0) is 0 Å². The summed E-state index contributed by atoms with van der Waals surface area (Å²) >= 11 is 0. The molecule has 0 bridgehead atoms. The van der Waals surface area contributed by atoms with Gasteiger partial charge in [-0.2, -0.15) is 0 Å². The minimum absolute atomic E-state index is 0.606. The molecule has 0 fully saturated rings. The van der Waals surface area contributed by atoms with Gasteiger partial charge in [0.1, 0.15) is 39.0 Å². The second-order valence-electron chi connectivity index (χ2n) is 35.1. The number of oxazole rings is 1. The second kappa shape index (κ2) is 33.1. The first kappa shape index (κ1) is 79.8. The van der Waals surface area contributed by atoms with E-state index in [0.29, 0.717) is 17.5 Å². The largest absolute Gasteiger partial charge is 0.455 e. The molecule has 650 valence electrons. The van der Waals surface area contributed by atoms with Crippen molar-refractivity contribution in [3.63, 3.8) is 0 Å². The Morgan fingerprint density at radius 1 is 0.165 bits per heavy atom. The Morgan fingerprint density at radius 3 is 0.863 bits per heavy atom. The molecule has 12 nitrogen and oxygen atoms in total. The van der Waals surface area contributed by atoms with E-state index >= 15 is 0 Å². The molecule has 139 heavy (non-hydrogen) atoms. The van der Waals surface area contributed by atoms with Gasteiger partial charge in [0.2, 0.25) is 5.89 Å². The maximum atomic E-state index is 6.76. The van der Waals surface area contributed by atoms with Crippen LogP contribution in [0, 0.1) is 0 Å². The minimum Gasteiger partial charge on any atom is -0.455 e. The van der Waals surface area contributed by atoms with E-state index in [1.54, 1.807) is 0 Å². The van der Waals surface area contributed by atoms with Gasteiger partial charge in [0.05, 0.1) is 83.9 Å². The summed E-state index contributed by atoms with van der Waals surface area (Å²) in [6.45, 7) is 0. The molecular weight excluding hydrogens is 1700 g/mol. The second-order valence-corrected chi connectivity index (χ2v) is 35.1. The number of benzene rings is 20. The molecule has 0 saturated carbocycles. The summed E-state index contributed by atoms with van der Waals surface area (Å²) < 4.78 is 33.2. The molecule has 9 heterocycles. The molecule has 29 aromatic rings. The van der Waals surface area contributed by atoms with Crippen molar-refractivity contribution in [2.45, 2.75) is 0 Å². The van der Waals surface area contributed by atoms with Crippen molar-refractivity contribution in [3.05, 3.63) is 473 Å². The highest BCUT2D eigenvalue weighted by molar-refractivity contribution is 6.18. The lowest BCUT2D eigenvalue weighted by Gasteiger charge is -2.15. The smallest absolute Gasteiger partial charge is 0.227 e. The molecule has 0 spiro atoms. The Bertz CT molecular complexity index is 9710. The fourth-order valence-corrected chi connectivity index (χ4v) is 20.7. The summed E-state index contributed by atoms with van der Waals surface area (Å²) in [5.74, 6) is 1.84. The SMILES string of the molecule is c1ccc(-c2ccc(-c3cc(-c4ccccc4)nc(-c4c(-n5c6ccccc6c6ccccc65)ccc5c4oc4ccccc45)n3)cc2)cc1.c1ccc(-c2ccc(-c3nc(-c4c(-n5c6ccccc6c6ccccc65)ccc5c4oc4ccccc45)nc4ccccc34)cc2)cc1.c1ccc2oc(-c3ccc(-c4c(-n5c6ccccc6c6ccccc65)ccc5c4oc4ccccc45)cc3)nc2c1. The van der Waals surface area contributed by atoms with Crippen LogP contribution < -0.4 is 0 Å². The van der Waals surface area contributed by atoms with E-state index in [-0.39, 0.29) is 0 Å². The third-order valence-corrected chi connectivity index (χ3v) is 27.2. The number of hydrogen-bond acceptors (Lipinski definition) is 9. The van der Waals surface area contributed by atoms with Crippen LogP contribution in [0.2, 0.25) is 0 Å². The van der Waals surface area contributed by atoms with Crippen molar-refractivity contribution >= 4 is 153 Å². The molecule has 0 N–H and O–H groups in total. The Labute approximate surface area is 795 Å². The lowest BCUT2D eigenvalue weighted by molar-refractivity contribution is 0.620. The molecule has 12 heteroatoms. The molecule has 0 aliphatic rings. The van der Waals surface area contributed by atoms with Crippen LogP contribution in [0.25, 0.3) is 272 Å². The Kier molecular flexibility index (Phi) is 19.0. The molecule has 0 aliphatic carbocycles. The molecule has 0 unspecified atom stereocenters. The summed E-state index contributed by atoms with van der Waals surface area (Å²) in [7, 11) is 0. The van der Waals surface area contributed by atoms with E-state index in [4.69, 9.17) is 42.6 Å². The van der Waals surface area contributed by atoms with Crippen LogP contribution in [-0.4, -0.2) is 38.6 Å². The van der Waals surface area contributed by atoms with Crippen LogP contribution in [0.3, 0.4) is 0 Å². The topological polar surface area (TPSA) is 132 Å². The average molecular weight is 1780 g/mol. The maximum absolute atomic E-state index is 6.76. The third kappa shape index (κ3) is 13.6. The zero-order valence-corrected chi connectivity index (χ0v) is 74.7. The summed E-state index contributed by atoms with van der Waals surface area (Å²) in [6, 6.07) is 165. The number of para-hydroxylation sites is 12. The van der Waals surface area contributed by atoms with Gasteiger partial charge in [-0.05, 0) is 155 Å². The van der Waals surface area contributed by atoms with Crippen molar-refractivity contribution in [2.75, 3.05) is 0 Å². The van der Waals surface area contributed by atoms with Gasteiger partial charge in [-0.1, -0.05) is 346 Å². The molecular formula is C127H78N8O4. The van der Waals surface area contributed by atoms with Gasteiger partial charge in [-0.25, -0.2) is 24.9 Å². The molecule has 0 radical (unpaired) electrons. The van der Waals surface area contributed by atoms with Crippen LogP contribution in [0.5, 0.6) is 0 Å². The third-order valence-electron chi connectivity index (χ3n) is 27.2. The van der Waals surface area contributed by atoms with Crippen LogP contribution in [0.4, 0.5) is 0 Å². The lowest BCUT2D eigenvalue weighted by atomic mass is 9.98. The predicted molar refractivity (Wildman–Crippen MR) is 569 cm³/mol. The molecule has 29 rings (SSSR count). The van der Waals surface area contributed by atoms with Crippen molar-refractivity contribution in [2.24, 2.45) is 0 Å². The molecule has 20 aromatic carbocycles. The van der Waals surface area contributed by atoms with Crippen LogP contribution in [0.15, 0.2) is 491 Å². The summed E-state index contributed by atoms with van der Waals surface area (Å²) in [4.78, 5) is 26.1. The molecule has 0 aliphatic heterocycles. The van der Waals surface area contributed by atoms with Crippen molar-refractivity contribution in [1.29, 1.82) is 0 Å². The van der Waals surface area contributed by atoms with Gasteiger partial charge in [-0.3, -0.25) is 0 Å². The van der Waals surface area contributed by atoms with E-state index < -0.39 is 0 Å². The van der Waals surface area contributed by atoms with Gasteiger partial charge < -0.3 is 31.4 Å². The highest BCUT2D eigenvalue weighted by atomic mass is 16.4. The zero-order chi connectivity index (χ0) is 91.5. The van der Waals surface area contributed by atoms with Gasteiger partial charge in [0.15, 0.2) is 17.2 Å². The van der Waals surface area contributed by atoms with Gasteiger partial charge in [0, 0.05) is 97.8 Å². The van der Waals surface area contributed by atoms with Gasteiger partial charge in [0.25, 0.3) is 0 Å². The van der Waals surface area contributed by atoms with Crippen molar-refractivity contribution in [3.8, 4) is 118 Å². The summed E-state index contributed by atoms with van der Waals surface area (Å²) in [5, 5.41) is 14.6. The lowest BCUT2D eigenvalue weighted by Crippen LogP contribution is -2.02. The number of nitrogens with zero attached hydrogens (tertiary/aromatic N) is 8. The van der Waals surface area contributed by atoms with E-state index in [2.05, 4.69) is 402 Å². The summed E-state index contributed by atoms with van der Waals surface area (Å²) in [6.07, 6.45) is 0. The van der Waals surface area contributed by atoms with E-state index in [9.17, 15) is 0 Å². The first-order valence-corrected chi connectivity index (χ1v) is 46.7. The van der Waals surface area contributed by atoms with E-state index in [1.165, 1.54) is 49.0 Å². The standard InChI is InChI=1S/C46H29N3O.C44H27N3O.C37H22N2O2/c1-3-13-30(14-4-1)31-23-25-33(26-24-31)39-29-38(32-15-5-2-6-16-32)47-46(48-39)44-42(28-27-37-36-19-9-12-22-43(36)50-45(37)44)49-40-20-10-7-17-34(40)35-18-8-11-21-41(35)49;1-2-12-28(13-3-1)29-22-24-30(25-23-29)42-35-17-4-8-18-36(35)45-44(46-42)41-39(27-26-34-33-16-7-11-21-40(33)48-43(34)41)47-37-19-9-5-14-31(37)32-15-6-10-20-38(32)47;1-5-13-30-25(9-1)26-10-2-6-14-31(26)39(30)32-22-21-28-27-11-3-7-15-33(27)40-36(28)35(32)23-17-19-24(20-18-23)37-38-29-12-4-8-16-34(29)41-37/h1-29H;1-27H;1-22H. The molecule has 0 amide bonds. The highest BCUT2D eigenvalue weighted by Crippen LogP contribution is 2.49. The van der Waals surface area contributed by atoms with Gasteiger partial charge in [-0.15, -0.1) is 0 Å². The fourth-order valence-electron chi connectivity index (χ4n) is 20.7. The Morgan fingerprint density at radius 2 is 0.453 bits per heavy atom. The van der Waals surface area contributed by atoms with Gasteiger partial charge >= 0.3 is 0 Å². The van der Waals surface area contributed by atoms with E-state index in [0.717, 1.165) is 205 Å². The van der Waals surface area contributed by atoms with Crippen molar-refractivity contribution < 1.29 is 17.7 Å². The zero-order valence-electron chi connectivity index (χ0n) is 74.7. The first-order chi connectivity index (χ1) is 68.9. The normalized spacial score (nSPS) is 11.7. The number of hydrogen-bond donors (Lipinski definition) is 0. The molecule has 0 saturated heterocycles. The quantitative estimate of drug-likeness (QED) is 0.117. The maximum Gasteiger partial charge on any atom is 0.227 e. The fraction of sp³-hybridized carbons (Fsp3) is 0. The molecule has 9 aromatic heterocycles. The van der Waals surface area contributed by atoms with Crippen LogP contribution in [0.1, 0.15) is 0 Å². The average Bonchev–Trinajstić information content (AvgIpc) is 1.58. The minimum atomic E-state index is 0.606. The monoisotopic (exact) mass is 1780 g/mol. The highest BCUT2D eigenvalue weighted by Gasteiger charge is 2.29. The first-order valence-electron chi connectivity index (χ1n) is 46.7. The van der Waals surface area contributed by atoms with Crippen LogP contribution >= 0.6 is 0 Å². The number of furan rings is 3. The van der Waals surface area contributed by atoms with Crippen molar-refractivity contribution in [1.82, 2.24) is 38.6 Å².